The summed E-state index contributed by atoms with van der Waals surface area (Å²) in [7, 11) is -4.42. The minimum Gasteiger partial charge on any atom is -0.460 e. The van der Waals surface area contributed by atoms with Gasteiger partial charge in [0.25, 0.3) is 0 Å². The quantitative estimate of drug-likeness (QED) is 0.0247. The van der Waals surface area contributed by atoms with Gasteiger partial charge in [-0.15, -0.1) is 11.3 Å². The number of aromatic nitrogens is 1. The fourth-order valence-electron chi connectivity index (χ4n) is 7.85. The molecule has 0 saturated heterocycles. The molecule has 402 valence electrons. The molecule has 1 aromatic heterocycles. The number of esters is 1. The Morgan fingerprint density at radius 2 is 1.26 bits per heavy atom. The molecule has 0 fully saturated rings. The number of hydrogen-bond donors (Lipinski definition) is 0. The SMILES string of the molecule is CC[Si](CC)(CC)O[C@@H](C/C=C(C)\C=C\C[C@H](C)[C@H](OC(=O)OCC(Cl)(Cl)Cl)[C@@H](C)C(=O)C(C)(C)[C@H](CC(=O)OC(C)(C)C)O[Si](CC)(CC)CC)/C(C)=C/c1csc(COC(=O)OCC(Cl)(Cl)Cl)n1. The number of nitrogens with zero attached hydrogens (tertiary/aromatic N) is 1. The van der Waals surface area contributed by atoms with Crippen molar-refractivity contribution in [2.45, 2.75) is 197 Å². The molecular weight excluding hydrogens is 1080 g/mol. The van der Waals surface area contributed by atoms with Crippen LogP contribution in [0.25, 0.3) is 6.08 Å². The first-order valence-corrected chi connectivity index (χ1v) is 32.3. The Morgan fingerprint density at radius 1 is 0.743 bits per heavy atom. The summed E-state index contributed by atoms with van der Waals surface area (Å²) in [5, 5.41) is 2.44. The van der Waals surface area contributed by atoms with Crippen LogP contribution in [-0.4, -0.2) is 90.4 Å². The highest BCUT2D eigenvalue weighted by Gasteiger charge is 2.48. The van der Waals surface area contributed by atoms with Gasteiger partial charge in [0, 0.05) is 10.8 Å². The molecule has 0 N–H and O–H groups in total. The summed E-state index contributed by atoms with van der Waals surface area (Å²) in [6.45, 7) is 28.3. The molecule has 0 aliphatic rings. The van der Waals surface area contributed by atoms with Crippen molar-refractivity contribution in [2.75, 3.05) is 13.2 Å². The largest absolute Gasteiger partial charge is 0.508 e. The number of hydrogen-bond acceptors (Lipinski definition) is 13. The Hall–Kier alpha value is -1.38. The Labute approximate surface area is 454 Å². The number of Topliss-reactive ketones (excluding diaryl/α,β-unsaturated/α-hetero) is 1. The first-order chi connectivity index (χ1) is 32.2. The predicted octanol–water partition coefficient (Wildman–Crippen LogP) is 16.1. The number of ether oxygens (including phenoxy) is 5. The van der Waals surface area contributed by atoms with Crippen LogP contribution in [0.5, 0.6) is 0 Å². The lowest BCUT2D eigenvalue weighted by Crippen LogP contribution is -2.52. The van der Waals surface area contributed by atoms with Crippen molar-refractivity contribution in [1.29, 1.82) is 0 Å². The molecule has 0 bridgehead atoms. The van der Waals surface area contributed by atoms with Gasteiger partial charge in [-0.3, -0.25) is 9.59 Å². The van der Waals surface area contributed by atoms with E-state index < -0.39 is 90.8 Å². The van der Waals surface area contributed by atoms with Crippen molar-refractivity contribution in [1.82, 2.24) is 4.98 Å². The number of allylic oxidation sites excluding steroid dienone is 3. The van der Waals surface area contributed by atoms with Crippen molar-refractivity contribution in [3.8, 4) is 0 Å². The van der Waals surface area contributed by atoms with Crippen molar-refractivity contribution >= 4 is 128 Å². The van der Waals surface area contributed by atoms with Crippen LogP contribution in [0.4, 0.5) is 9.59 Å². The van der Waals surface area contributed by atoms with Crippen LogP contribution in [0.3, 0.4) is 0 Å². The molecule has 0 aliphatic heterocycles. The highest BCUT2D eigenvalue weighted by atomic mass is 35.6. The number of halogens is 6. The van der Waals surface area contributed by atoms with Gasteiger partial charge < -0.3 is 32.5 Å². The van der Waals surface area contributed by atoms with E-state index in [1.165, 1.54) is 11.3 Å². The molecule has 0 saturated carbocycles. The van der Waals surface area contributed by atoms with Crippen LogP contribution in [-0.2, 0) is 48.7 Å². The van der Waals surface area contributed by atoms with Crippen molar-refractivity contribution in [3.05, 3.63) is 45.5 Å². The van der Waals surface area contributed by atoms with Gasteiger partial charge in [0.2, 0.25) is 7.59 Å². The summed E-state index contributed by atoms with van der Waals surface area (Å²) in [4.78, 5) is 58.0. The van der Waals surface area contributed by atoms with Gasteiger partial charge >= 0.3 is 18.3 Å². The maximum Gasteiger partial charge on any atom is 0.508 e. The normalized spacial score (nSPS) is 15.8. The molecule has 0 spiro atoms. The second-order valence-electron chi connectivity index (χ2n) is 19.4. The summed E-state index contributed by atoms with van der Waals surface area (Å²) in [5.74, 6) is -1.98. The molecular formula is C49H79Cl6NO11SSi2. The Morgan fingerprint density at radius 3 is 1.76 bits per heavy atom. The van der Waals surface area contributed by atoms with Gasteiger partial charge in [0.05, 0.1) is 30.2 Å². The number of thiazole rings is 1. The van der Waals surface area contributed by atoms with Crippen molar-refractivity contribution in [2.24, 2.45) is 17.3 Å². The van der Waals surface area contributed by atoms with Gasteiger partial charge in [-0.2, -0.15) is 0 Å². The number of carbonyl (C=O) groups is 4. The van der Waals surface area contributed by atoms with E-state index in [9.17, 15) is 19.2 Å². The van der Waals surface area contributed by atoms with Crippen LogP contribution in [0.1, 0.15) is 134 Å². The third-order valence-electron chi connectivity index (χ3n) is 12.6. The molecule has 0 aromatic carbocycles. The molecule has 0 radical (unpaired) electrons. The molecule has 21 heteroatoms. The number of carbonyl (C=O) groups excluding carboxylic acids is 4. The molecule has 0 aliphatic carbocycles. The fraction of sp³-hybridized carbons (Fsp3) is 0.735. The minimum absolute atomic E-state index is 0.105. The monoisotopic (exact) mass is 1160 g/mol. The number of rotatable bonds is 29. The summed E-state index contributed by atoms with van der Waals surface area (Å²) in [6, 6.07) is 5.31. The average Bonchev–Trinajstić information content (AvgIpc) is 3.73. The smallest absolute Gasteiger partial charge is 0.460 e. The van der Waals surface area contributed by atoms with Crippen LogP contribution < -0.4 is 0 Å². The van der Waals surface area contributed by atoms with Crippen LogP contribution >= 0.6 is 80.9 Å². The molecule has 1 heterocycles. The summed E-state index contributed by atoms with van der Waals surface area (Å²) in [5.41, 5.74) is 0.724. The lowest BCUT2D eigenvalue weighted by Gasteiger charge is -2.42. The molecule has 1 aromatic rings. The molecule has 0 amide bonds. The topological polar surface area (TPSA) is 146 Å². The molecule has 5 atom stereocenters. The lowest BCUT2D eigenvalue weighted by molar-refractivity contribution is -0.160. The van der Waals surface area contributed by atoms with E-state index in [2.05, 4.69) is 52.6 Å². The Bertz CT molecular complexity index is 1890. The first kappa shape index (κ1) is 66.6. The highest BCUT2D eigenvalue weighted by Crippen LogP contribution is 2.39. The van der Waals surface area contributed by atoms with Crippen LogP contribution in [0.15, 0.2) is 34.8 Å². The van der Waals surface area contributed by atoms with Gasteiger partial charge in [0.15, 0.2) is 16.6 Å². The molecule has 70 heavy (non-hydrogen) atoms. The lowest BCUT2D eigenvalue weighted by atomic mass is 9.73. The van der Waals surface area contributed by atoms with Gasteiger partial charge in [-0.25, -0.2) is 14.6 Å². The summed E-state index contributed by atoms with van der Waals surface area (Å²) >= 11 is 36.0. The van der Waals surface area contributed by atoms with E-state index >= 15 is 0 Å². The fourth-order valence-corrected chi connectivity index (χ4v) is 14.7. The van der Waals surface area contributed by atoms with E-state index in [-0.39, 0.29) is 24.9 Å². The second-order valence-corrected chi connectivity index (χ2v) is 34.8. The molecule has 12 nitrogen and oxygen atoms in total. The van der Waals surface area contributed by atoms with E-state index in [1.54, 1.807) is 41.5 Å². The minimum atomic E-state index is -2.35. The Kier molecular flexibility index (Phi) is 28.8. The predicted molar refractivity (Wildman–Crippen MR) is 293 cm³/mol. The van der Waals surface area contributed by atoms with Crippen molar-refractivity contribution in [3.63, 3.8) is 0 Å². The van der Waals surface area contributed by atoms with E-state index in [4.69, 9.17) is 102 Å². The zero-order chi connectivity index (χ0) is 53.9. The molecule has 0 unspecified atom stereocenters. The van der Waals surface area contributed by atoms with Gasteiger partial charge in [0.1, 0.15) is 42.3 Å². The third kappa shape index (κ3) is 24.3. The zero-order valence-corrected chi connectivity index (χ0v) is 51.2. The number of alkyl halides is 6. The van der Waals surface area contributed by atoms with E-state index in [1.807, 2.05) is 44.4 Å². The maximum absolute atomic E-state index is 14.8. The van der Waals surface area contributed by atoms with Gasteiger partial charge in [-0.05, 0) is 101 Å². The average molecular weight is 1160 g/mol. The third-order valence-corrected chi connectivity index (χ3v) is 23.4. The Balaban J connectivity index is 3.52. The molecule has 1 rings (SSSR count). The van der Waals surface area contributed by atoms with Crippen LogP contribution in [0, 0.1) is 17.3 Å². The van der Waals surface area contributed by atoms with Crippen molar-refractivity contribution < 1.29 is 51.7 Å². The second kappa shape index (κ2) is 30.2. The van der Waals surface area contributed by atoms with E-state index in [0.29, 0.717) is 23.5 Å². The summed E-state index contributed by atoms with van der Waals surface area (Å²) < 4.78 is 37.2. The highest BCUT2D eigenvalue weighted by molar-refractivity contribution is 7.09. The maximum atomic E-state index is 14.8. The number of ketones is 1. The van der Waals surface area contributed by atoms with Gasteiger partial charge in [-0.1, -0.05) is 163 Å². The standard InChI is InChI=1S/C49H79Cl6NO11SSi2/c1-16-69(17-2,18-3)66-38(35(9)27-37-30-68-40(56-37)29-61-44(59)62-31-48(50,51)52)26-25-33(7)23-22-24-34(8)42(64-45(60)63-32-49(53,54)55)36(10)43(58)47(14,15)39(28-41(57)65-46(11,12)13)67-70(19-4,20-5)21-6/h22-23,25,27,30,34,36,38-39,42H,16-21,24,26,28-29,31-32H2,1-15H3/b23-22+,33-25-,35-27+/t34-,36+,38-,39-,42-/m0/s1. The summed E-state index contributed by atoms with van der Waals surface area (Å²) in [6.07, 6.45) is 4.89. The first-order valence-electron chi connectivity index (χ1n) is 24.1. The van der Waals surface area contributed by atoms with Crippen LogP contribution in [0.2, 0.25) is 36.3 Å². The van der Waals surface area contributed by atoms with E-state index in [0.717, 1.165) is 47.4 Å². The zero-order valence-electron chi connectivity index (χ0n) is 43.9.